The highest BCUT2D eigenvalue weighted by molar-refractivity contribution is 7.18. The van der Waals surface area contributed by atoms with Crippen LogP contribution in [0.3, 0.4) is 0 Å². The molecular weight excluding hydrogens is 478 g/mol. The number of carboxylic acid groups (broad SMARTS) is 1. The van der Waals surface area contributed by atoms with E-state index in [2.05, 4.69) is 15.3 Å². The quantitative estimate of drug-likeness (QED) is 0.393. The first-order chi connectivity index (χ1) is 16.1. The van der Waals surface area contributed by atoms with Gasteiger partial charge in [-0.25, -0.2) is 19.1 Å². The molecule has 9 nitrogen and oxygen atoms in total. The molecular formula is C23H22ClN5O4S. The van der Waals surface area contributed by atoms with Gasteiger partial charge in [-0.05, 0) is 56.7 Å². The van der Waals surface area contributed by atoms with Crippen LogP contribution >= 0.6 is 22.9 Å². The van der Waals surface area contributed by atoms with Crippen molar-refractivity contribution in [2.45, 2.75) is 33.4 Å². The Kier molecular flexibility index (Phi) is 6.54. The number of anilines is 2. The van der Waals surface area contributed by atoms with Gasteiger partial charge in [0.15, 0.2) is 0 Å². The van der Waals surface area contributed by atoms with Gasteiger partial charge in [0.2, 0.25) is 5.95 Å². The topological polar surface area (TPSA) is 119 Å². The van der Waals surface area contributed by atoms with Crippen molar-refractivity contribution in [3.63, 3.8) is 0 Å². The number of fused-ring (bicyclic) bond motifs is 1. The van der Waals surface area contributed by atoms with Crippen LogP contribution in [0.25, 0.3) is 10.2 Å². The minimum absolute atomic E-state index is 0.0441. The normalized spacial score (nSPS) is 13.1. The molecule has 0 unspecified atom stereocenters. The van der Waals surface area contributed by atoms with E-state index in [1.165, 1.54) is 18.4 Å². The van der Waals surface area contributed by atoms with Crippen molar-refractivity contribution in [2.24, 2.45) is 5.92 Å². The first kappa shape index (κ1) is 23.7. The highest BCUT2D eigenvalue weighted by Gasteiger charge is 2.26. The van der Waals surface area contributed by atoms with E-state index in [1.807, 2.05) is 25.1 Å². The summed E-state index contributed by atoms with van der Waals surface area (Å²) in [5, 5.41) is 13.9. The van der Waals surface area contributed by atoms with Gasteiger partial charge in [0.05, 0.1) is 33.7 Å². The number of aromatic nitrogens is 4. The summed E-state index contributed by atoms with van der Waals surface area (Å²) in [5.41, 5.74) is 0.663. The summed E-state index contributed by atoms with van der Waals surface area (Å²) in [6.07, 6.45) is 0. The van der Waals surface area contributed by atoms with Crippen molar-refractivity contribution in [3.8, 4) is 0 Å². The van der Waals surface area contributed by atoms with Gasteiger partial charge in [0.1, 0.15) is 0 Å². The summed E-state index contributed by atoms with van der Waals surface area (Å²) in [7, 11) is 0. The van der Waals surface area contributed by atoms with Gasteiger partial charge in [0, 0.05) is 10.7 Å². The van der Waals surface area contributed by atoms with Crippen LogP contribution in [0.15, 0.2) is 52.1 Å². The predicted molar refractivity (Wildman–Crippen MR) is 132 cm³/mol. The lowest BCUT2D eigenvalue weighted by Gasteiger charge is -2.21. The van der Waals surface area contributed by atoms with Crippen LogP contribution in [0.2, 0.25) is 5.02 Å². The van der Waals surface area contributed by atoms with Crippen LogP contribution < -0.4 is 16.7 Å². The van der Waals surface area contributed by atoms with E-state index in [0.29, 0.717) is 10.7 Å². The van der Waals surface area contributed by atoms with Crippen molar-refractivity contribution in [3.05, 3.63) is 79.0 Å². The number of aliphatic carboxylic acids is 1. The maximum atomic E-state index is 13.5. The molecule has 0 radical (unpaired) electrons. The molecule has 2 N–H and O–H groups in total. The van der Waals surface area contributed by atoms with E-state index in [4.69, 9.17) is 11.6 Å². The number of benzene rings is 2. The average Bonchev–Trinajstić information content (AvgIpc) is 3.16. The Morgan fingerprint density at radius 2 is 1.85 bits per heavy atom. The number of aryl methyl sites for hydroxylation is 1. The Hall–Kier alpha value is -3.50. The molecule has 0 spiro atoms. The van der Waals surface area contributed by atoms with E-state index < -0.39 is 29.3 Å². The molecule has 2 aromatic carbocycles. The number of carboxylic acids is 1. The third-order valence-corrected chi connectivity index (χ3v) is 6.83. The summed E-state index contributed by atoms with van der Waals surface area (Å²) < 4.78 is 3.21. The van der Waals surface area contributed by atoms with Crippen molar-refractivity contribution >= 4 is 50.8 Å². The van der Waals surface area contributed by atoms with E-state index in [0.717, 1.165) is 25.4 Å². The summed E-state index contributed by atoms with van der Waals surface area (Å²) in [6.45, 7) is 4.97. The molecule has 0 fully saturated rings. The van der Waals surface area contributed by atoms with Crippen LogP contribution in [-0.4, -0.2) is 30.2 Å². The summed E-state index contributed by atoms with van der Waals surface area (Å²) in [4.78, 5) is 46.4. The number of halogens is 1. The van der Waals surface area contributed by atoms with Crippen LogP contribution in [-0.2, 0) is 11.3 Å². The van der Waals surface area contributed by atoms with Crippen molar-refractivity contribution in [1.82, 2.24) is 19.1 Å². The standard InChI is InChI=1S/C23H22ClN5O4S/c1-12(20(30)31)13(2)29-22(32)27-21(26-17-8-9-19-18(10-17)25-14(3)34-19)28(23(29)33)11-15-4-6-16(24)7-5-15/h4-10,12-13H,11H2,1-3H3,(H,30,31)(H,26,27,32)/t12-,13+/m1/s1. The lowest BCUT2D eigenvalue weighted by atomic mass is 10.0. The van der Waals surface area contributed by atoms with Crippen LogP contribution in [0.5, 0.6) is 0 Å². The molecule has 2 atom stereocenters. The summed E-state index contributed by atoms with van der Waals surface area (Å²) in [5.74, 6) is -2.04. The van der Waals surface area contributed by atoms with Crippen molar-refractivity contribution in [2.75, 3.05) is 5.32 Å². The molecule has 0 aliphatic rings. The van der Waals surface area contributed by atoms with E-state index in [-0.39, 0.29) is 12.5 Å². The monoisotopic (exact) mass is 499 g/mol. The van der Waals surface area contributed by atoms with Gasteiger partial charge in [0.25, 0.3) is 0 Å². The SMILES string of the molecule is Cc1nc2cc(Nc3nc(=O)n([C@@H](C)[C@@H](C)C(=O)O)c(=O)n3Cc3ccc(Cl)cc3)ccc2s1. The highest BCUT2D eigenvalue weighted by atomic mass is 35.5. The van der Waals surface area contributed by atoms with E-state index in [9.17, 15) is 19.5 Å². The van der Waals surface area contributed by atoms with E-state index in [1.54, 1.807) is 35.6 Å². The zero-order valence-corrected chi connectivity index (χ0v) is 20.2. The largest absolute Gasteiger partial charge is 0.481 e. The molecule has 4 rings (SSSR count). The van der Waals surface area contributed by atoms with Crippen molar-refractivity contribution < 1.29 is 9.90 Å². The van der Waals surface area contributed by atoms with Gasteiger partial charge in [-0.1, -0.05) is 23.7 Å². The second-order valence-corrected chi connectivity index (χ2v) is 9.66. The number of nitrogens with one attached hydrogen (secondary N) is 1. The molecule has 0 aliphatic heterocycles. The number of rotatable bonds is 7. The number of carbonyl (C=O) groups is 1. The zero-order valence-electron chi connectivity index (χ0n) is 18.7. The van der Waals surface area contributed by atoms with Gasteiger partial charge in [-0.2, -0.15) is 4.98 Å². The van der Waals surface area contributed by atoms with Crippen LogP contribution in [0.4, 0.5) is 11.6 Å². The Morgan fingerprint density at radius 1 is 1.15 bits per heavy atom. The predicted octanol–water partition coefficient (Wildman–Crippen LogP) is 4.05. The van der Waals surface area contributed by atoms with Crippen LogP contribution in [0.1, 0.15) is 30.5 Å². The maximum Gasteiger partial charge on any atom is 0.355 e. The molecule has 4 aromatic rings. The smallest absolute Gasteiger partial charge is 0.355 e. The lowest BCUT2D eigenvalue weighted by molar-refractivity contribution is -0.142. The fraction of sp³-hybridized carbons (Fsp3) is 0.261. The minimum atomic E-state index is -1.11. The number of hydrogen-bond donors (Lipinski definition) is 2. The molecule has 0 aliphatic carbocycles. The van der Waals surface area contributed by atoms with E-state index >= 15 is 0 Å². The maximum absolute atomic E-state index is 13.5. The molecule has 0 bridgehead atoms. The first-order valence-electron chi connectivity index (χ1n) is 10.5. The number of hydrogen-bond acceptors (Lipinski definition) is 7. The Labute approximate surface area is 203 Å². The molecule has 0 amide bonds. The third kappa shape index (κ3) is 4.73. The minimum Gasteiger partial charge on any atom is -0.481 e. The summed E-state index contributed by atoms with van der Waals surface area (Å²) >= 11 is 7.55. The second-order valence-electron chi connectivity index (χ2n) is 7.99. The first-order valence-corrected chi connectivity index (χ1v) is 11.7. The van der Waals surface area contributed by atoms with Gasteiger partial charge in [-0.15, -0.1) is 11.3 Å². The number of thiazole rings is 1. The lowest BCUT2D eigenvalue weighted by Crippen LogP contribution is -2.46. The molecule has 0 saturated heterocycles. The number of nitrogens with zero attached hydrogens (tertiary/aromatic N) is 4. The van der Waals surface area contributed by atoms with Gasteiger partial charge < -0.3 is 10.4 Å². The van der Waals surface area contributed by atoms with Gasteiger partial charge >= 0.3 is 17.3 Å². The third-order valence-electron chi connectivity index (χ3n) is 5.63. The molecule has 34 heavy (non-hydrogen) atoms. The second kappa shape index (κ2) is 9.40. The molecule has 2 aromatic heterocycles. The van der Waals surface area contributed by atoms with Crippen molar-refractivity contribution in [1.29, 1.82) is 0 Å². The Balaban J connectivity index is 1.83. The molecule has 11 heteroatoms. The molecule has 176 valence electrons. The van der Waals surface area contributed by atoms with Gasteiger partial charge in [-0.3, -0.25) is 9.36 Å². The highest BCUT2D eigenvalue weighted by Crippen LogP contribution is 2.26. The fourth-order valence-corrected chi connectivity index (χ4v) is 4.48. The Bertz CT molecular complexity index is 1490. The zero-order chi connectivity index (χ0) is 24.6. The molecule has 0 saturated carbocycles. The Morgan fingerprint density at radius 3 is 2.53 bits per heavy atom. The fourth-order valence-electron chi connectivity index (χ4n) is 3.55. The summed E-state index contributed by atoms with van der Waals surface area (Å²) in [6, 6.07) is 11.6. The van der Waals surface area contributed by atoms with Crippen LogP contribution in [0, 0.1) is 12.8 Å². The average molecular weight is 500 g/mol. The molecule has 2 heterocycles.